The van der Waals surface area contributed by atoms with E-state index in [0.29, 0.717) is 16.3 Å². The molecule has 0 fully saturated rings. The lowest BCUT2D eigenvalue weighted by atomic mass is 10.0. The van der Waals surface area contributed by atoms with Crippen LogP contribution in [0.1, 0.15) is 11.1 Å². The highest BCUT2D eigenvalue weighted by Crippen LogP contribution is 2.23. The van der Waals surface area contributed by atoms with Gasteiger partial charge in [-0.15, -0.1) is 0 Å². The molecular formula is C14H10ClN3. The standard InChI is InChI=1S/C14H10ClN3/c15-12-3-1-2-11(8-12)14(17)13(9-16)10-4-6-18-7-5-10/h1-8H,17H2/b14-13-. The molecule has 0 spiro atoms. The van der Waals surface area contributed by atoms with Crippen LogP contribution in [-0.4, -0.2) is 4.98 Å². The first-order valence-electron chi connectivity index (χ1n) is 5.28. The molecule has 0 aliphatic carbocycles. The lowest BCUT2D eigenvalue weighted by Crippen LogP contribution is -2.00. The van der Waals surface area contributed by atoms with Crippen LogP contribution in [0.15, 0.2) is 48.8 Å². The molecule has 0 bridgehead atoms. The number of halogens is 1. The van der Waals surface area contributed by atoms with Gasteiger partial charge in [0.25, 0.3) is 0 Å². The Morgan fingerprint density at radius 1 is 1.17 bits per heavy atom. The maximum absolute atomic E-state index is 9.24. The third-order valence-electron chi connectivity index (χ3n) is 2.49. The molecule has 0 radical (unpaired) electrons. The van der Waals surface area contributed by atoms with E-state index >= 15 is 0 Å². The molecule has 88 valence electrons. The summed E-state index contributed by atoms with van der Waals surface area (Å²) in [4.78, 5) is 3.91. The molecular weight excluding hydrogens is 246 g/mol. The van der Waals surface area contributed by atoms with Gasteiger partial charge in [-0.25, -0.2) is 0 Å². The highest BCUT2D eigenvalue weighted by atomic mass is 35.5. The zero-order chi connectivity index (χ0) is 13.0. The summed E-state index contributed by atoms with van der Waals surface area (Å²) >= 11 is 5.91. The minimum atomic E-state index is 0.409. The second kappa shape index (κ2) is 5.35. The summed E-state index contributed by atoms with van der Waals surface area (Å²) in [5, 5.41) is 9.82. The predicted molar refractivity (Wildman–Crippen MR) is 72.3 cm³/mol. The molecule has 2 N–H and O–H groups in total. The number of pyridine rings is 1. The van der Waals surface area contributed by atoms with Gasteiger partial charge in [0.2, 0.25) is 0 Å². The average Bonchev–Trinajstić information content (AvgIpc) is 2.41. The predicted octanol–water partition coefficient (Wildman–Crippen LogP) is 3.09. The van der Waals surface area contributed by atoms with Crippen molar-refractivity contribution in [2.75, 3.05) is 0 Å². The minimum absolute atomic E-state index is 0.409. The lowest BCUT2D eigenvalue weighted by Gasteiger charge is -2.06. The second-order valence-electron chi connectivity index (χ2n) is 3.65. The molecule has 2 aromatic rings. The van der Waals surface area contributed by atoms with Gasteiger partial charge < -0.3 is 5.73 Å². The minimum Gasteiger partial charge on any atom is -0.397 e. The summed E-state index contributed by atoms with van der Waals surface area (Å²) in [5.74, 6) is 0. The van der Waals surface area contributed by atoms with Gasteiger partial charge in [0.15, 0.2) is 0 Å². The molecule has 1 aromatic carbocycles. The van der Waals surface area contributed by atoms with E-state index < -0.39 is 0 Å². The van der Waals surface area contributed by atoms with E-state index in [0.717, 1.165) is 11.1 Å². The number of rotatable bonds is 2. The monoisotopic (exact) mass is 255 g/mol. The summed E-state index contributed by atoms with van der Waals surface area (Å²) < 4.78 is 0. The Kier molecular flexibility index (Phi) is 3.61. The molecule has 0 amide bonds. The summed E-state index contributed by atoms with van der Waals surface area (Å²) in [6, 6.07) is 12.7. The van der Waals surface area contributed by atoms with E-state index in [1.807, 2.05) is 6.07 Å². The Labute approximate surface area is 110 Å². The lowest BCUT2D eigenvalue weighted by molar-refractivity contribution is 1.32. The Bertz CT molecular complexity index is 627. The van der Waals surface area contributed by atoms with E-state index in [1.54, 1.807) is 42.7 Å². The first-order chi connectivity index (χ1) is 8.72. The maximum Gasteiger partial charge on any atom is 0.102 e. The van der Waals surface area contributed by atoms with Gasteiger partial charge in [0, 0.05) is 23.0 Å². The van der Waals surface area contributed by atoms with Gasteiger partial charge in [-0.1, -0.05) is 23.7 Å². The normalized spacial score (nSPS) is 11.6. The molecule has 18 heavy (non-hydrogen) atoms. The van der Waals surface area contributed by atoms with Gasteiger partial charge in [0.1, 0.15) is 6.07 Å². The molecule has 4 heteroatoms. The zero-order valence-electron chi connectivity index (χ0n) is 9.47. The van der Waals surface area contributed by atoms with Crippen LogP contribution in [0.3, 0.4) is 0 Å². The van der Waals surface area contributed by atoms with Gasteiger partial charge in [-0.05, 0) is 29.8 Å². The summed E-state index contributed by atoms with van der Waals surface area (Å²) in [5.41, 5.74) is 8.33. The van der Waals surface area contributed by atoms with Crippen molar-refractivity contribution in [1.82, 2.24) is 4.98 Å². The Morgan fingerprint density at radius 2 is 1.89 bits per heavy atom. The fourth-order valence-corrected chi connectivity index (χ4v) is 1.79. The summed E-state index contributed by atoms with van der Waals surface area (Å²) in [6.07, 6.45) is 3.25. The number of benzene rings is 1. The van der Waals surface area contributed by atoms with Crippen molar-refractivity contribution in [3.63, 3.8) is 0 Å². The van der Waals surface area contributed by atoms with Gasteiger partial charge in [-0.3, -0.25) is 4.98 Å². The molecule has 0 saturated heterocycles. The van der Waals surface area contributed by atoms with Crippen LogP contribution in [0.2, 0.25) is 5.02 Å². The molecule has 1 aromatic heterocycles. The van der Waals surface area contributed by atoms with E-state index in [9.17, 15) is 5.26 Å². The van der Waals surface area contributed by atoms with E-state index in [1.165, 1.54) is 0 Å². The van der Waals surface area contributed by atoms with E-state index in [4.69, 9.17) is 17.3 Å². The van der Waals surface area contributed by atoms with Crippen molar-refractivity contribution in [1.29, 1.82) is 5.26 Å². The molecule has 1 heterocycles. The van der Waals surface area contributed by atoms with Crippen molar-refractivity contribution < 1.29 is 0 Å². The van der Waals surface area contributed by atoms with E-state index in [2.05, 4.69) is 11.1 Å². The molecule has 0 unspecified atom stereocenters. The number of allylic oxidation sites excluding steroid dienone is 1. The third-order valence-corrected chi connectivity index (χ3v) is 2.72. The number of hydrogen-bond donors (Lipinski definition) is 1. The Morgan fingerprint density at radius 3 is 2.50 bits per heavy atom. The maximum atomic E-state index is 9.24. The number of aromatic nitrogens is 1. The van der Waals surface area contributed by atoms with Crippen molar-refractivity contribution in [2.45, 2.75) is 0 Å². The van der Waals surface area contributed by atoms with Crippen molar-refractivity contribution in [3.05, 3.63) is 64.9 Å². The smallest absolute Gasteiger partial charge is 0.102 e. The van der Waals surface area contributed by atoms with Crippen molar-refractivity contribution >= 4 is 22.9 Å². The number of nitrogens with two attached hydrogens (primary N) is 1. The summed E-state index contributed by atoms with van der Waals surface area (Å²) in [7, 11) is 0. The topological polar surface area (TPSA) is 62.7 Å². The van der Waals surface area contributed by atoms with E-state index in [-0.39, 0.29) is 0 Å². The number of nitrogens with zero attached hydrogens (tertiary/aromatic N) is 2. The highest BCUT2D eigenvalue weighted by Gasteiger charge is 2.08. The van der Waals surface area contributed by atoms with Crippen molar-refractivity contribution in [3.8, 4) is 6.07 Å². The summed E-state index contributed by atoms with van der Waals surface area (Å²) in [6.45, 7) is 0. The van der Waals surface area contributed by atoms with Crippen LogP contribution >= 0.6 is 11.6 Å². The largest absolute Gasteiger partial charge is 0.397 e. The van der Waals surface area contributed by atoms with Crippen LogP contribution in [0.4, 0.5) is 0 Å². The third kappa shape index (κ3) is 2.50. The SMILES string of the molecule is N#C/C(=C(/N)c1cccc(Cl)c1)c1ccncc1. The zero-order valence-corrected chi connectivity index (χ0v) is 10.2. The van der Waals surface area contributed by atoms with Crippen LogP contribution < -0.4 is 5.73 Å². The van der Waals surface area contributed by atoms with Gasteiger partial charge in [0.05, 0.1) is 11.3 Å². The van der Waals surface area contributed by atoms with Gasteiger partial charge >= 0.3 is 0 Å². The first kappa shape index (κ1) is 12.2. The fraction of sp³-hybridized carbons (Fsp3) is 0. The second-order valence-corrected chi connectivity index (χ2v) is 4.08. The first-order valence-corrected chi connectivity index (χ1v) is 5.66. The van der Waals surface area contributed by atoms with Crippen LogP contribution in [0, 0.1) is 11.3 Å². The molecule has 2 rings (SSSR count). The Balaban J connectivity index is 2.55. The fourth-order valence-electron chi connectivity index (χ4n) is 1.60. The van der Waals surface area contributed by atoms with Crippen LogP contribution in [0.5, 0.6) is 0 Å². The quantitative estimate of drug-likeness (QED) is 0.839. The molecule has 0 aliphatic heterocycles. The molecule has 0 atom stereocenters. The van der Waals surface area contributed by atoms with Crippen LogP contribution in [-0.2, 0) is 0 Å². The Hall–Kier alpha value is -2.31. The average molecular weight is 256 g/mol. The molecule has 0 aliphatic rings. The molecule has 3 nitrogen and oxygen atoms in total. The van der Waals surface area contributed by atoms with Gasteiger partial charge in [-0.2, -0.15) is 5.26 Å². The van der Waals surface area contributed by atoms with Crippen LogP contribution in [0.25, 0.3) is 11.3 Å². The molecule has 0 saturated carbocycles. The number of nitriles is 1. The van der Waals surface area contributed by atoms with Crippen molar-refractivity contribution in [2.24, 2.45) is 5.73 Å². The highest BCUT2D eigenvalue weighted by molar-refractivity contribution is 6.30. The number of hydrogen-bond acceptors (Lipinski definition) is 3.